The van der Waals surface area contributed by atoms with Crippen molar-refractivity contribution < 1.29 is 14.3 Å². The van der Waals surface area contributed by atoms with Crippen molar-refractivity contribution in [2.75, 3.05) is 53.5 Å². The van der Waals surface area contributed by atoms with Crippen LogP contribution in [-0.4, -0.2) is 90.7 Å². The number of morpholine rings is 1. The second-order valence-electron chi connectivity index (χ2n) is 9.66. The molecule has 174 valence electrons. The highest BCUT2D eigenvalue weighted by molar-refractivity contribution is 5.97. The van der Waals surface area contributed by atoms with E-state index in [1.165, 1.54) is 0 Å². The van der Waals surface area contributed by atoms with E-state index >= 15 is 0 Å². The monoisotopic (exact) mass is 434 g/mol. The third kappa shape index (κ3) is 5.84. The second kappa shape index (κ2) is 10.1. The lowest BCUT2D eigenvalue weighted by Gasteiger charge is -2.30. The highest BCUT2D eigenvalue weighted by Gasteiger charge is 2.34. The molecule has 9 heteroatoms. The van der Waals surface area contributed by atoms with Crippen LogP contribution in [0, 0.1) is 5.41 Å². The fourth-order valence-electron chi connectivity index (χ4n) is 4.24. The van der Waals surface area contributed by atoms with Crippen molar-refractivity contribution in [1.82, 2.24) is 30.0 Å². The zero-order valence-corrected chi connectivity index (χ0v) is 19.7. The summed E-state index contributed by atoms with van der Waals surface area (Å²) in [6.07, 6.45) is 1.83. The highest BCUT2D eigenvalue weighted by atomic mass is 16.5. The van der Waals surface area contributed by atoms with Crippen LogP contribution in [0.5, 0.6) is 0 Å². The summed E-state index contributed by atoms with van der Waals surface area (Å²) in [7, 11) is 3.64. The van der Waals surface area contributed by atoms with Gasteiger partial charge in [0.15, 0.2) is 5.69 Å². The molecule has 1 aromatic heterocycles. The Morgan fingerprint density at radius 3 is 2.52 bits per heavy atom. The topological polar surface area (TPSA) is 91.7 Å². The first kappa shape index (κ1) is 23.7. The van der Waals surface area contributed by atoms with Crippen LogP contribution >= 0.6 is 0 Å². The summed E-state index contributed by atoms with van der Waals surface area (Å²) < 4.78 is 7.63. The average Bonchev–Trinajstić information content (AvgIpc) is 3.09. The molecule has 2 aliphatic heterocycles. The number of carbonyl (C=O) groups excluding carboxylic acids is 2. The summed E-state index contributed by atoms with van der Waals surface area (Å²) in [6, 6.07) is -0.631. The average molecular weight is 435 g/mol. The molecule has 0 aromatic carbocycles. The normalized spacial score (nSPS) is 19.0. The van der Waals surface area contributed by atoms with E-state index in [-0.39, 0.29) is 11.8 Å². The van der Waals surface area contributed by atoms with Crippen molar-refractivity contribution in [1.29, 1.82) is 0 Å². The number of aryl methyl sites for hydroxylation is 1. The maximum atomic E-state index is 13.2. The number of hydrogen-bond donors (Lipinski definition) is 2. The number of amides is 2. The van der Waals surface area contributed by atoms with Gasteiger partial charge in [0.25, 0.3) is 5.91 Å². The molecule has 1 unspecified atom stereocenters. The van der Waals surface area contributed by atoms with Gasteiger partial charge >= 0.3 is 0 Å². The summed E-state index contributed by atoms with van der Waals surface area (Å²) >= 11 is 0. The van der Waals surface area contributed by atoms with Crippen LogP contribution in [0.4, 0.5) is 0 Å². The lowest BCUT2D eigenvalue weighted by Crippen LogP contribution is -2.53. The molecule has 2 amide bonds. The van der Waals surface area contributed by atoms with Gasteiger partial charge in [-0.2, -0.15) is 0 Å². The Balaban J connectivity index is 1.76. The first-order valence-electron chi connectivity index (χ1n) is 11.3. The molecule has 1 saturated heterocycles. The minimum Gasteiger partial charge on any atom is -0.379 e. The second-order valence-corrected chi connectivity index (χ2v) is 9.66. The molecule has 0 spiro atoms. The number of nitrogens with one attached hydrogen (secondary N) is 2. The van der Waals surface area contributed by atoms with Crippen LogP contribution in [0.15, 0.2) is 0 Å². The lowest BCUT2D eigenvalue weighted by atomic mass is 9.86. The van der Waals surface area contributed by atoms with E-state index in [1.54, 1.807) is 7.05 Å². The molecule has 1 aromatic rings. The number of likely N-dealkylation sites (N-methyl/N-ethyl adjacent to an activating group) is 2. The van der Waals surface area contributed by atoms with E-state index in [0.29, 0.717) is 12.2 Å². The van der Waals surface area contributed by atoms with Gasteiger partial charge in [0, 0.05) is 46.2 Å². The van der Waals surface area contributed by atoms with Crippen molar-refractivity contribution in [3.63, 3.8) is 0 Å². The van der Waals surface area contributed by atoms with Gasteiger partial charge in [-0.15, -0.1) is 0 Å². The van der Waals surface area contributed by atoms with Crippen molar-refractivity contribution >= 4 is 11.8 Å². The van der Waals surface area contributed by atoms with E-state index in [2.05, 4.69) is 32.0 Å². The van der Waals surface area contributed by atoms with Gasteiger partial charge in [-0.05, 0) is 25.4 Å². The van der Waals surface area contributed by atoms with Gasteiger partial charge in [0.05, 0.1) is 18.9 Å². The van der Waals surface area contributed by atoms with E-state index in [1.807, 2.05) is 20.8 Å². The lowest BCUT2D eigenvalue weighted by molar-refractivity contribution is -0.124. The minimum absolute atomic E-state index is 0.197. The van der Waals surface area contributed by atoms with Crippen LogP contribution in [0.25, 0.3) is 0 Å². The van der Waals surface area contributed by atoms with Crippen LogP contribution in [0.1, 0.15) is 49.2 Å². The molecular weight excluding hydrogens is 396 g/mol. The van der Waals surface area contributed by atoms with Gasteiger partial charge in [0.2, 0.25) is 5.91 Å². The standard InChI is InChI=1S/C22H38N6O3/c1-22(2,3)19(21(30)23-4)25-20(29)18-16-15-26(5)9-10-28(16)17(24-18)7-6-8-27-11-13-31-14-12-27/h19H,6-15H2,1-5H3,(H,23,30)(H,25,29). The summed E-state index contributed by atoms with van der Waals surface area (Å²) in [5.41, 5.74) is 0.983. The third-order valence-electron chi connectivity index (χ3n) is 6.12. The molecule has 3 rings (SSSR count). The van der Waals surface area contributed by atoms with Gasteiger partial charge in [-0.3, -0.25) is 19.4 Å². The number of rotatable bonds is 7. The molecule has 2 N–H and O–H groups in total. The maximum Gasteiger partial charge on any atom is 0.272 e. The predicted octanol–water partition coefficient (Wildman–Crippen LogP) is 0.484. The first-order chi connectivity index (χ1) is 14.7. The molecule has 31 heavy (non-hydrogen) atoms. The highest BCUT2D eigenvalue weighted by Crippen LogP contribution is 2.23. The van der Waals surface area contributed by atoms with Gasteiger partial charge < -0.3 is 19.9 Å². The molecule has 0 radical (unpaired) electrons. The number of ether oxygens (including phenoxy) is 1. The van der Waals surface area contributed by atoms with Crippen molar-refractivity contribution in [3.05, 3.63) is 17.2 Å². The molecule has 2 aliphatic rings. The molecule has 9 nitrogen and oxygen atoms in total. The zero-order valence-electron chi connectivity index (χ0n) is 19.7. The Hall–Kier alpha value is -1.97. The van der Waals surface area contributed by atoms with E-state index < -0.39 is 11.5 Å². The Kier molecular flexibility index (Phi) is 7.72. The van der Waals surface area contributed by atoms with Crippen LogP contribution in [0.2, 0.25) is 0 Å². The quantitative estimate of drug-likeness (QED) is 0.649. The third-order valence-corrected chi connectivity index (χ3v) is 6.12. The maximum absolute atomic E-state index is 13.2. The fourth-order valence-corrected chi connectivity index (χ4v) is 4.24. The van der Waals surface area contributed by atoms with E-state index in [0.717, 1.165) is 70.3 Å². The van der Waals surface area contributed by atoms with E-state index in [9.17, 15) is 9.59 Å². The Morgan fingerprint density at radius 1 is 1.16 bits per heavy atom. The molecule has 0 bridgehead atoms. The Labute approximate surface area is 185 Å². The van der Waals surface area contributed by atoms with Crippen LogP contribution in [0.3, 0.4) is 0 Å². The summed E-state index contributed by atoms with van der Waals surface area (Å²) in [5.74, 6) is 0.493. The molecule has 1 atom stereocenters. The smallest absolute Gasteiger partial charge is 0.272 e. The fraction of sp³-hybridized carbons (Fsp3) is 0.773. The van der Waals surface area contributed by atoms with Crippen LogP contribution in [-0.2, 0) is 29.0 Å². The van der Waals surface area contributed by atoms with Gasteiger partial charge in [0.1, 0.15) is 11.9 Å². The molecular formula is C22H38N6O3. The van der Waals surface area contributed by atoms with Gasteiger partial charge in [-0.1, -0.05) is 20.8 Å². The largest absolute Gasteiger partial charge is 0.379 e. The minimum atomic E-state index is -0.631. The zero-order chi connectivity index (χ0) is 22.6. The summed E-state index contributed by atoms with van der Waals surface area (Å²) in [5, 5.41) is 5.60. The summed E-state index contributed by atoms with van der Waals surface area (Å²) in [4.78, 5) is 35.0. The number of fused-ring (bicyclic) bond motifs is 1. The molecule has 0 saturated carbocycles. The molecule has 0 aliphatic carbocycles. The number of nitrogens with zero attached hydrogens (tertiary/aromatic N) is 4. The number of hydrogen-bond acceptors (Lipinski definition) is 6. The Morgan fingerprint density at radius 2 is 1.87 bits per heavy atom. The summed E-state index contributed by atoms with van der Waals surface area (Å²) in [6.45, 7) is 12.8. The number of carbonyl (C=O) groups is 2. The molecule has 1 fully saturated rings. The van der Waals surface area contributed by atoms with Crippen molar-refractivity contribution in [2.45, 2.75) is 52.7 Å². The van der Waals surface area contributed by atoms with Gasteiger partial charge in [-0.25, -0.2) is 4.98 Å². The first-order valence-corrected chi connectivity index (χ1v) is 11.3. The predicted molar refractivity (Wildman–Crippen MR) is 119 cm³/mol. The SMILES string of the molecule is CNC(=O)C(NC(=O)c1nc(CCCN2CCOCC2)n2c1CN(C)CC2)C(C)(C)C. The number of imidazole rings is 1. The van der Waals surface area contributed by atoms with Crippen LogP contribution < -0.4 is 10.6 Å². The Bertz CT molecular complexity index is 779. The van der Waals surface area contributed by atoms with E-state index in [4.69, 9.17) is 9.72 Å². The van der Waals surface area contributed by atoms with Crippen molar-refractivity contribution in [3.8, 4) is 0 Å². The number of aromatic nitrogens is 2. The molecule has 3 heterocycles. The van der Waals surface area contributed by atoms with Crippen molar-refractivity contribution in [2.24, 2.45) is 5.41 Å².